The second-order valence-corrected chi connectivity index (χ2v) is 10.7. The zero-order valence-electron chi connectivity index (χ0n) is 23.3. The van der Waals surface area contributed by atoms with E-state index in [9.17, 15) is 14.4 Å². The second-order valence-electron chi connectivity index (χ2n) is 10.7. The summed E-state index contributed by atoms with van der Waals surface area (Å²) < 4.78 is 5.51. The topological polar surface area (TPSA) is 87.7 Å². The highest BCUT2D eigenvalue weighted by Gasteiger charge is 2.29. The maximum atomic E-state index is 13.4. The van der Waals surface area contributed by atoms with Gasteiger partial charge in [-0.1, -0.05) is 91.0 Å². The van der Waals surface area contributed by atoms with Gasteiger partial charge in [-0.15, -0.1) is 0 Å². The highest BCUT2D eigenvalue weighted by Crippen LogP contribution is 2.44. The quantitative estimate of drug-likeness (QED) is 0.319. The summed E-state index contributed by atoms with van der Waals surface area (Å²) >= 11 is 0. The molecule has 7 nitrogen and oxygen atoms in total. The fourth-order valence-electron chi connectivity index (χ4n) is 6.00. The third kappa shape index (κ3) is 5.77. The monoisotopic (exact) mass is 559 g/mol. The number of nitrogens with one attached hydrogen (secondary N) is 2. The zero-order valence-corrected chi connectivity index (χ0v) is 23.3. The van der Waals surface area contributed by atoms with Crippen LogP contribution in [0.5, 0.6) is 0 Å². The summed E-state index contributed by atoms with van der Waals surface area (Å²) in [6.45, 7) is 0.606. The van der Waals surface area contributed by atoms with Crippen LogP contribution in [0.4, 0.5) is 10.5 Å². The molecule has 7 heteroatoms. The molecule has 42 heavy (non-hydrogen) atoms. The standard InChI is InChI=1S/C35H33N3O4/c39-33(21-37-35(41)42-23-31-29-14-6-4-12-27(29)28-13-5-7-15-30(28)31)36-20-19-34(40)38-22-26-11-2-1-9-24(26)17-18-25-10-3-8-16-32(25)38/h1-16,31H,17-23H2,(H,36,39)(H,37,41). The lowest BCUT2D eigenvalue weighted by atomic mass is 9.95. The molecule has 4 aromatic carbocycles. The van der Waals surface area contributed by atoms with E-state index in [4.69, 9.17) is 4.74 Å². The minimum Gasteiger partial charge on any atom is -0.449 e. The van der Waals surface area contributed by atoms with E-state index in [0.29, 0.717) is 6.54 Å². The molecule has 0 saturated carbocycles. The Morgan fingerprint density at radius 1 is 0.714 bits per heavy atom. The van der Waals surface area contributed by atoms with E-state index >= 15 is 0 Å². The predicted octanol–water partition coefficient (Wildman–Crippen LogP) is 5.36. The van der Waals surface area contributed by atoms with E-state index in [-0.39, 0.29) is 43.8 Å². The van der Waals surface area contributed by atoms with Gasteiger partial charge in [-0.3, -0.25) is 9.59 Å². The Morgan fingerprint density at radius 2 is 1.31 bits per heavy atom. The maximum Gasteiger partial charge on any atom is 0.407 e. The van der Waals surface area contributed by atoms with Crippen LogP contribution in [0.2, 0.25) is 0 Å². The minimum absolute atomic E-state index is 0.0524. The van der Waals surface area contributed by atoms with Crippen molar-refractivity contribution in [2.24, 2.45) is 0 Å². The lowest BCUT2D eigenvalue weighted by Gasteiger charge is -2.29. The van der Waals surface area contributed by atoms with Crippen molar-refractivity contribution in [3.05, 3.63) is 125 Å². The summed E-state index contributed by atoms with van der Waals surface area (Å²) in [6.07, 6.45) is 1.28. The Hall–Kier alpha value is -4.91. The molecule has 0 atom stereocenters. The zero-order chi connectivity index (χ0) is 28.9. The molecule has 212 valence electrons. The summed E-state index contributed by atoms with van der Waals surface area (Å²) in [4.78, 5) is 40.0. The second kappa shape index (κ2) is 12.3. The van der Waals surface area contributed by atoms with Gasteiger partial charge in [-0.2, -0.15) is 0 Å². The number of para-hydroxylation sites is 1. The van der Waals surface area contributed by atoms with Crippen LogP contribution in [0.25, 0.3) is 11.1 Å². The van der Waals surface area contributed by atoms with Crippen LogP contribution in [0.15, 0.2) is 97.1 Å². The van der Waals surface area contributed by atoms with Crippen LogP contribution in [-0.4, -0.2) is 37.6 Å². The number of fused-ring (bicyclic) bond motifs is 5. The van der Waals surface area contributed by atoms with Crippen molar-refractivity contribution in [1.82, 2.24) is 10.6 Å². The van der Waals surface area contributed by atoms with E-state index in [1.165, 1.54) is 5.56 Å². The van der Waals surface area contributed by atoms with Crippen molar-refractivity contribution in [2.75, 3.05) is 24.6 Å². The average Bonchev–Trinajstić information content (AvgIpc) is 3.33. The Bertz CT molecular complexity index is 1590. The number of carbonyl (C=O) groups excluding carboxylic acids is 3. The molecule has 1 aliphatic heterocycles. The Kier molecular flexibility index (Phi) is 7.99. The molecule has 0 saturated heterocycles. The smallest absolute Gasteiger partial charge is 0.407 e. The summed E-state index contributed by atoms with van der Waals surface area (Å²) in [5, 5.41) is 5.27. The Labute approximate surface area is 245 Å². The molecule has 0 fully saturated rings. The van der Waals surface area contributed by atoms with Crippen LogP contribution < -0.4 is 15.5 Å². The summed E-state index contributed by atoms with van der Waals surface area (Å²) in [5.74, 6) is -0.498. The fourth-order valence-corrected chi connectivity index (χ4v) is 6.00. The first-order valence-electron chi connectivity index (χ1n) is 14.4. The largest absolute Gasteiger partial charge is 0.449 e. The molecule has 1 aliphatic carbocycles. The van der Waals surface area contributed by atoms with Gasteiger partial charge in [0.25, 0.3) is 0 Å². The molecular formula is C35H33N3O4. The van der Waals surface area contributed by atoms with Gasteiger partial charge in [0.2, 0.25) is 11.8 Å². The highest BCUT2D eigenvalue weighted by atomic mass is 16.5. The van der Waals surface area contributed by atoms with Crippen molar-refractivity contribution in [2.45, 2.75) is 31.7 Å². The number of anilines is 1. The van der Waals surface area contributed by atoms with Gasteiger partial charge in [0.15, 0.2) is 0 Å². The van der Waals surface area contributed by atoms with Crippen molar-refractivity contribution < 1.29 is 19.1 Å². The van der Waals surface area contributed by atoms with Gasteiger partial charge in [0.05, 0.1) is 13.1 Å². The summed E-state index contributed by atoms with van der Waals surface area (Å²) in [6, 6.07) is 32.5. The number of ether oxygens (including phenoxy) is 1. The van der Waals surface area contributed by atoms with Gasteiger partial charge in [0, 0.05) is 24.6 Å². The molecule has 1 heterocycles. The van der Waals surface area contributed by atoms with Crippen LogP contribution >= 0.6 is 0 Å². The van der Waals surface area contributed by atoms with E-state index in [1.54, 1.807) is 0 Å². The number of rotatable bonds is 7. The number of hydrogen-bond donors (Lipinski definition) is 2. The molecule has 0 aromatic heterocycles. The predicted molar refractivity (Wildman–Crippen MR) is 162 cm³/mol. The minimum atomic E-state index is -0.654. The molecule has 0 bridgehead atoms. The number of carbonyl (C=O) groups is 3. The molecule has 4 aromatic rings. The van der Waals surface area contributed by atoms with Gasteiger partial charge in [-0.05, 0) is 57.9 Å². The van der Waals surface area contributed by atoms with E-state index in [2.05, 4.69) is 53.1 Å². The summed E-state index contributed by atoms with van der Waals surface area (Å²) in [5.41, 5.74) is 8.99. The van der Waals surface area contributed by atoms with Crippen molar-refractivity contribution >= 4 is 23.6 Å². The number of amides is 3. The van der Waals surface area contributed by atoms with Crippen LogP contribution in [-0.2, 0) is 33.7 Å². The molecule has 2 aliphatic rings. The van der Waals surface area contributed by atoms with Gasteiger partial charge in [-0.25, -0.2) is 4.79 Å². The van der Waals surface area contributed by atoms with Gasteiger partial charge in [0.1, 0.15) is 6.61 Å². The van der Waals surface area contributed by atoms with Crippen LogP contribution in [0.1, 0.15) is 40.2 Å². The molecule has 0 unspecified atom stereocenters. The number of hydrogen-bond acceptors (Lipinski definition) is 4. The molecule has 3 amide bonds. The highest BCUT2D eigenvalue weighted by molar-refractivity contribution is 5.94. The van der Waals surface area contributed by atoms with E-state index < -0.39 is 6.09 Å². The number of nitrogens with zero attached hydrogens (tertiary/aromatic N) is 1. The third-order valence-corrected chi connectivity index (χ3v) is 8.09. The van der Waals surface area contributed by atoms with Crippen molar-refractivity contribution in [3.63, 3.8) is 0 Å². The molecule has 0 spiro atoms. The van der Waals surface area contributed by atoms with E-state index in [1.807, 2.05) is 59.5 Å². The van der Waals surface area contributed by atoms with Crippen molar-refractivity contribution in [3.8, 4) is 11.1 Å². The van der Waals surface area contributed by atoms with Gasteiger partial charge < -0.3 is 20.3 Å². The Balaban J connectivity index is 0.987. The Morgan fingerprint density at radius 3 is 2.05 bits per heavy atom. The van der Waals surface area contributed by atoms with E-state index in [0.717, 1.165) is 51.9 Å². The first-order chi connectivity index (χ1) is 20.6. The molecule has 0 radical (unpaired) electrons. The molecular weight excluding hydrogens is 526 g/mol. The first kappa shape index (κ1) is 27.3. The SMILES string of the molecule is O=C(CNC(=O)OCC1c2ccccc2-c2ccccc21)NCCC(=O)N1Cc2ccccc2CCc2ccccc21. The molecule has 2 N–H and O–H groups in total. The number of alkyl carbamates (subject to hydrolysis) is 1. The lowest BCUT2D eigenvalue weighted by molar-refractivity contribution is -0.120. The average molecular weight is 560 g/mol. The van der Waals surface area contributed by atoms with Gasteiger partial charge >= 0.3 is 6.09 Å². The van der Waals surface area contributed by atoms with Crippen LogP contribution in [0, 0.1) is 0 Å². The number of benzene rings is 4. The summed E-state index contributed by atoms with van der Waals surface area (Å²) in [7, 11) is 0. The van der Waals surface area contributed by atoms with Crippen LogP contribution in [0.3, 0.4) is 0 Å². The first-order valence-corrected chi connectivity index (χ1v) is 14.4. The third-order valence-electron chi connectivity index (χ3n) is 8.09. The lowest BCUT2D eigenvalue weighted by Crippen LogP contribution is -2.40. The van der Waals surface area contributed by atoms with Crippen molar-refractivity contribution in [1.29, 1.82) is 0 Å². The fraction of sp³-hybridized carbons (Fsp3) is 0.229. The molecule has 6 rings (SSSR count). The number of aryl methyl sites for hydroxylation is 2. The maximum absolute atomic E-state index is 13.4. The normalized spacial score (nSPS) is 13.5.